The molecule has 1 fully saturated rings. The molecule has 0 aliphatic carbocycles. The average molecular weight is 412 g/mol. The fraction of sp³-hybridized carbons (Fsp3) is 0.294. The Morgan fingerprint density at radius 3 is 2.52 bits per heavy atom. The molecule has 0 bridgehead atoms. The molecule has 1 aromatic carbocycles. The molecule has 1 atom stereocenters. The lowest BCUT2D eigenvalue weighted by molar-refractivity contribution is -0.274. The molecular weight excluding hydrogens is 397 g/mol. The van der Waals surface area contributed by atoms with Crippen molar-refractivity contribution in [1.29, 1.82) is 0 Å². The second-order valence-corrected chi connectivity index (χ2v) is 6.40. The number of nitrogens with zero attached hydrogens (tertiary/aromatic N) is 2. The largest absolute Gasteiger partial charge is 0.573 e. The van der Waals surface area contributed by atoms with Crippen molar-refractivity contribution in [1.82, 2.24) is 15.4 Å². The highest BCUT2D eigenvalue weighted by Crippen LogP contribution is 2.31. The van der Waals surface area contributed by atoms with Gasteiger partial charge >= 0.3 is 12.4 Å². The molecule has 0 saturated carbocycles. The number of imide groups is 1. The number of carbonyl (C=O) groups excluding carboxylic acids is 3. The third kappa shape index (κ3) is 4.31. The van der Waals surface area contributed by atoms with Crippen LogP contribution in [-0.2, 0) is 15.1 Å². The number of nitrogens with one attached hydrogen (secondary N) is 2. The van der Waals surface area contributed by atoms with Crippen LogP contribution in [0.25, 0.3) is 0 Å². The highest BCUT2D eigenvalue weighted by atomic mass is 19.4. The van der Waals surface area contributed by atoms with Gasteiger partial charge in [-0.3, -0.25) is 19.8 Å². The number of urea groups is 1. The van der Waals surface area contributed by atoms with Crippen LogP contribution in [0, 0.1) is 6.92 Å². The van der Waals surface area contributed by atoms with Crippen LogP contribution in [0.5, 0.6) is 5.75 Å². The Balaban J connectivity index is 1.72. The zero-order chi connectivity index (χ0) is 21.4. The number of anilines is 1. The van der Waals surface area contributed by atoms with Crippen LogP contribution in [-0.4, -0.2) is 40.8 Å². The minimum Gasteiger partial charge on any atom is -0.406 e. The molecule has 0 radical (unpaired) electrons. The van der Waals surface area contributed by atoms with Gasteiger partial charge in [-0.15, -0.1) is 13.2 Å². The van der Waals surface area contributed by atoms with E-state index >= 15 is 0 Å². The summed E-state index contributed by atoms with van der Waals surface area (Å²) in [7, 11) is 0. The van der Waals surface area contributed by atoms with Gasteiger partial charge in [-0.25, -0.2) is 4.79 Å². The van der Waals surface area contributed by atoms with Gasteiger partial charge in [-0.2, -0.15) is 0 Å². The molecule has 2 heterocycles. The van der Waals surface area contributed by atoms with Gasteiger partial charge in [0.15, 0.2) is 0 Å². The Morgan fingerprint density at radius 2 is 1.97 bits per heavy atom. The molecule has 29 heavy (non-hydrogen) atoms. The van der Waals surface area contributed by atoms with Gasteiger partial charge in [-0.1, -0.05) is 17.3 Å². The van der Waals surface area contributed by atoms with E-state index in [-0.39, 0.29) is 11.4 Å². The SMILES string of the molecule is Cc1cc(NC(=O)CN2C(=O)NC(C)(c3ccc(OC(F)(F)F)cc3)C2=O)on1. The second kappa shape index (κ2) is 7.11. The van der Waals surface area contributed by atoms with E-state index in [0.717, 1.165) is 12.1 Å². The Labute approximate surface area is 161 Å². The number of benzene rings is 1. The molecule has 1 aromatic heterocycles. The fourth-order valence-corrected chi connectivity index (χ4v) is 2.77. The first-order valence-electron chi connectivity index (χ1n) is 8.21. The van der Waals surface area contributed by atoms with Gasteiger partial charge in [-0.05, 0) is 31.5 Å². The molecule has 9 nitrogen and oxygen atoms in total. The second-order valence-electron chi connectivity index (χ2n) is 6.40. The summed E-state index contributed by atoms with van der Waals surface area (Å²) in [5.74, 6) is -1.85. The third-order valence-electron chi connectivity index (χ3n) is 4.13. The summed E-state index contributed by atoms with van der Waals surface area (Å²) < 4.78 is 45.4. The maximum Gasteiger partial charge on any atom is 0.573 e. The number of rotatable bonds is 5. The van der Waals surface area contributed by atoms with Gasteiger partial charge in [0.25, 0.3) is 5.91 Å². The van der Waals surface area contributed by atoms with E-state index in [4.69, 9.17) is 4.52 Å². The van der Waals surface area contributed by atoms with Crippen molar-refractivity contribution in [3.63, 3.8) is 0 Å². The molecule has 4 amide bonds. The topological polar surface area (TPSA) is 114 Å². The minimum absolute atomic E-state index is 0.0579. The summed E-state index contributed by atoms with van der Waals surface area (Å²) in [6.07, 6.45) is -4.85. The molecule has 3 rings (SSSR count). The van der Waals surface area contributed by atoms with E-state index in [1.54, 1.807) is 6.92 Å². The zero-order valence-corrected chi connectivity index (χ0v) is 15.2. The van der Waals surface area contributed by atoms with E-state index < -0.39 is 42.0 Å². The van der Waals surface area contributed by atoms with Crippen molar-refractivity contribution >= 4 is 23.7 Å². The molecule has 154 valence electrons. The van der Waals surface area contributed by atoms with E-state index in [2.05, 4.69) is 20.5 Å². The van der Waals surface area contributed by atoms with Crippen LogP contribution in [0.15, 0.2) is 34.9 Å². The lowest BCUT2D eigenvalue weighted by Gasteiger charge is -2.22. The molecule has 2 aromatic rings. The van der Waals surface area contributed by atoms with Crippen LogP contribution >= 0.6 is 0 Å². The third-order valence-corrected chi connectivity index (χ3v) is 4.13. The Morgan fingerprint density at radius 1 is 1.31 bits per heavy atom. The van der Waals surface area contributed by atoms with Crippen LogP contribution in [0.3, 0.4) is 0 Å². The highest BCUT2D eigenvalue weighted by Gasteiger charge is 2.49. The number of aromatic nitrogens is 1. The number of hydrogen-bond donors (Lipinski definition) is 2. The molecule has 2 N–H and O–H groups in total. The first-order valence-corrected chi connectivity index (χ1v) is 8.21. The predicted octanol–water partition coefficient (Wildman–Crippen LogP) is 2.29. The number of hydrogen-bond acceptors (Lipinski definition) is 6. The Bertz CT molecular complexity index is 957. The molecule has 12 heteroatoms. The van der Waals surface area contributed by atoms with E-state index in [1.807, 2.05) is 0 Å². The number of carbonyl (C=O) groups is 3. The van der Waals surface area contributed by atoms with Crippen molar-refractivity contribution in [2.45, 2.75) is 25.7 Å². The summed E-state index contributed by atoms with van der Waals surface area (Å²) in [5, 5.41) is 8.40. The van der Waals surface area contributed by atoms with Crippen molar-refractivity contribution in [3.8, 4) is 5.75 Å². The van der Waals surface area contributed by atoms with Crippen LogP contribution in [0.1, 0.15) is 18.2 Å². The lowest BCUT2D eigenvalue weighted by atomic mass is 9.92. The normalized spacial score (nSPS) is 19.3. The lowest BCUT2D eigenvalue weighted by Crippen LogP contribution is -2.42. The van der Waals surface area contributed by atoms with E-state index in [0.29, 0.717) is 10.6 Å². The maximum absolute atomic E-state index is 12.8. The van der Waals surface area contributed by atoms with E-state index in [1.165, 1.54) is 25.1 Å². The number of amides is 4. The van der Waals surface area contributed by atoms with Gasteiger partial charge in [0.1, 0.15) is 17.8 Å². The summed E-state index contributed by atoms with van der Waals surface area (Å²) in [6.45, 7) is 2.44. The van der Waals surface area contributed by atoms with Crippen LogP contribution in [0.2, 0.25) is 0 Å². The van der Waals surface area contributed by atoms with Crippen molar-refractivity contribution < 1.29 is 36.8 Å². The monoisotopic (exact) mass is 412 g/mol. The molecule has 1 aliphatic rings. The van der Waals surface area contributed by atoms with Crippen LogP contribution < -0.4 is 15.4 Å². The fourth-order valence-electron chi connectivity index (χ4n) is 2.77. The minimum atomic E-state index is -4.85. The van der Waals surface area contributed by atoms with Gasteiger partial charge < -0.3 is 14.6 Å². The van der Waals surface area contributed by atoms with Gasteiger partial charge in [0.05, 0.1) is 5.69 Å². The Kier molecular flexibility index (Phi) is 4.95. The first kappa shape index (κ1) is 20.2. The average Bonchev–Trinajstić information content (AvgIpc) is 3.11. The smallest absolute Gasteiger partial charge is 0.406 e. The number of alkyl halides is 3. The number of halogens is 3. The van der Waals surface area contributed by atoms with Crippen LogP contribution in [0.4, 0.5) is 23.8 Å². The van der Waals surface area contributed by atoms with Gasteiger partial charge in [0.2, 0.25) is 11.8 Å². The highest BCUT2D eigenvalue weighted by molar-refractivity contribution is 6.10. The molecule has 1 aliphatic heterocycles. The molecular formula is C17H15F3N4O5. The summed E-state index contributed by atoms with van der Waals surface area (Å²) in [4.78, 5) is 37.8. The summed E-state index contributed by atoms with van der Waals surface area (Å²) >= 11 is 0. The first-order chi connectivity index (χ1) is 13.5. The number of ether oxygens (including phenoxy) is 1. The molecule has 1 saturated heterocycles. The van der Waals surface area contributed by atoms with Gasteiger partial charge in [0, 0.05) is 6.07 Å². The summed E-state index contributed by atoms with van der Waals surface area (Å²) in [6, 6.07) is 5.13. The Hall–Kier alpha value is -3.57. The quantitative estimate of drug-likeness (QED) is 0.729. The molecule has 0 spiro atoms. The van der Waals surface area contributed by atoms with E-state index in [9.17, 15) is 27.6 Å². The summed E-state index contributed by atoms with van der Waals surface area (Å²) in [5.41, 5.74) is -0.809. The predicted molar refractivity (Wildman–Crippen MR) is 90.6 cm³/mol. The maximum atomic E-state index is 12.8. The van der Waals surface area contributed by atoms with Crippen molar-refractivity contribution in [3.05, 3.63) is 41.6 Å². The van der Waals surface area contributed by atoms with Crippen molar-refractivity contribution in [2.24, 2.45) is 0 Å². The number of aryl methyl sites for hydroxylation is 1. The van der Waals surface area contributed by atoms with Crippen molar-refractivity contribution in [2.75, 3.05) is 11.9 Å². The standard InChI is InChI=1S/C17H15F3N4O5/c1-9-7-13(29-23-9)21-12(25)8-24-14(26)16(2,22-15(24)27)10-3-5-11(6-4-10)28-17(18,19)20/h3-7H,8H2,1-2H3,(H,21,25)(H,22,27). The molecule has 1 unspecified atom stereocenters. The zero-order valence-electron chi connectivity index (χ0n) is 15.2.